The zero-order valence-corrected chi connectivity index (χ0v) is 7.16. The zero-order chi connectivity index (χ0) is 7.82. The van der Waals surface area contributed by atoms with Crippen LogP contribution in [0.25, 0.3) is 0 Å². The van der Waals surface area contributed by atoms with Crippen LogP contribution in [0.4, 0.5) is 0 Å². The van der Waals surface area contributed by atoms with Crippen molar-refractivity contribution in [1.29, 1.82) is 0 Å². The molecule has 0 aliphatic carbocycles. The summed E-state index contributed by atoms with van der Waals surface area (Å²) in [6.45, 7) is 0.732. The van der Waals surface area contributed by atoms with E-state index in [2.05, 4.69) is 33.0 Å². The summed E-state index contributed by atoms with van der Waals surface area (Å²) < 4.78 is 0. The number of nitrogens with zero attached hydrogens (tertiary/aromatic N) is 1. The fourth-order valence-corrected chi connectivity index (χ4v) is 0.764. The Morgan fingerprint density at radius 2 is 2.10 bits per heavy atom. The molecule has 0 saturated heterocycles. The Kier molecular flexibility index (Phi) is 6.64. The van der Waals surface area contributed by atoms with E-state index in [1.54, 1.807) is 0 Å². The molecule has 58 valence electrons. The summed E-state index contributed by atoms with van der Waals surface area (Å²) in [5.41, 5.74) is 0. The first-order valence-corrected chi connectivity index (χ1v) is 3.64. The van der Waals surface area contributed by atoms with Gasteiger partial charge in [0, 0.05) is 0 Å². The van der Waals surface area contributed by atoms with Crippen LogP contribution in [0.5, 0.6) is 0 Å². The van der Waals surface area contributed by atoms with E-state index in [-0.39, 0.29) is 0 Å². The molecule has 0 aromatic carbocycles. The van der Waals surface area contributed by atoms with E-state index in [1.807, 2.05) is 14.1 Å². The molecular weight excluding hydrogens is 146 g/mol. The van der Waals surface area contributed by atoms with Gasteiger partial charge in [-0.25, -0.2) is 4.99 Å². The summed E-state index contributed by atoms with van der Waals surface area (Å²) in [5.74, 6) is 0. The maximum Gasteiger partial charge on any atom is 0.0584 e. The maximum atomic E-state index is 4.42. The molecular formula is C6H13N3S. The highest BCUT2D eigenvalue weighted by Crippen LogP contribution is 1.84. The van der Waals surface area contributed by atoms with E-state index in [0.717, 1.165) is 13.0 Å². The molecule has 0 aromatic heterocycles. The smallest absolute Gasteiger partial charge is 0.0584 e. The van der Waals surface area contributed by atoms with Gasteiger partial charge in [0.2, 0.25) is 0 Å². The molecule has 4 heteroatoms. The number of isothiocyanates is 1. The zero-order valence-electron chi connectivity index (χ0n) is 6.35. The summed E-state index contributed by atoms with van der Waals surface area (Å²) in [6.07, 6.45) is 1.27. The lowest BCUT2D eigenvalue weighted by Crippen LogP contribution is -2.38. The normalized spacial score (nSPS) is 9.50. The maximum absolute atomic E-state index is 4.42. The summed E-state index contributed by atoms with van der Waals surface area (Å²) in [7, 11) is 3.81. The Bertz CT molecular complexity index is 116. The van der Waals surface area contributed by atoms with Crippen LogP contribution in [0.2, 0.25) is 0 Å². The quantitative estimate of drug-likeness (QED) is 0.343. The van der Waals surface area contributed by atoms with Gasteiger partial charge >= 0.3 is 0 Å². The fraction of sp³-hybridized carbons (Fsp3) is 0.833. The van der Waals surface area contributed by atoms with Crippen LogP contribution < -0.4 is 10.6 Å². The third kappa shape index (κ3) is 4.58. The number of thiocarbonyl (C=S) groups is 1. The van der Waals surface area contributed by atoms with E-state index in [1.165, 1.54) is 0 Å². The van der Waals surface area contributed by atoms with Gasteiger partial charge in [-0.3, -0.25) is 0 Å². The van der Waals surface area contributed by atoms with Crippen molar-refractivity contribution in [1.82, 2.24) is 10.6 Å². The lowest BCUT2D eigenvalue weighted by molar-refractivity contribution is 0.469. The molecule has 0 fully saturated rings. The molecule has 3 nitrogen and oxygen atoms in total. The van der Waals surface area contributed by atoms with Crippen molar-refractivity contribution in [2.75, 3.05) is 20.6 Å². The van der Waals surface area contributed by atoms with Gasteiger partial charge in [0.15, 0.2) is 0 Å². The van der Waals surface area contributed by atoms with Gasteiger partial charge < -0.3 is 10.6 Å². The fourth-order valence-electron chi connectivity index (χ4n) is 0.672. The number of hydrogen-bond donors (Lipinski definition) is 2. The standard InChI is InChI=1S/C6H13N3S/c1-7-6(8-2)3-4-9-5-10/h6-8H,3-4H2,1-2H3. The molecule has 0 rings (SSSR count). The van der Waals surface area contributed by atoms with Gasteiger partial charge in [-0.05, 0) is 32.7 Å². The van der Waals surface area contributed by atoms with Crippen LogP contribution in [0, 0.1) is 0 Å². The largest absolute Gasteiger partial charge is 0.305 e. The molecule has 0 atom stereocenters. The molecule has 0 aliphatic rings. The summed E-state index contributed by atoms with van der Waals surface area (Å²) in [6, 6.07) is 0. The minimum Gasteiger partial charge on any atom is -0.305 e. The third-order valence-electron chi connectivity index (χ3n) is 1.29. The van der Waals surface area contributed by atoms with E-state index in [4.69, 9.17) is 0 Å². The molecule has 0 aromatic rings. The summed E-state index contributed by atoms with van der Waals surface area (Å²) in [4.78, 5) is 3.79. The van der Waals surface area contributed by atoms with E-state index < -0.39 is 0 Å². The van der Waals surface area contributed by atoms with E-state index in [9.17, 15) is 0 Å². The Morgan fingerprint density at radius 3 is 2.50 bits per heavy atom. The molecule has 2 N–H and O–H groups in total. The van der Waals surface area contributed by atoms with E-state index >= 15 is 0 Å². The Morgan fingerprint density at radius 1 is 1.50 bits per heavy atom. The predicted molar refractivity (Wildman–Crippen MR) is 46.4 cm³/mol. The van der Waals surface area contributed by atoms with Gasteiger partial charge in [-0.2, -0.15) is 0 Å². The predicted octanol–water partition coefficient (Wildman–Crippen LogP) is 0.244. The van der Waals surface area contributed by atoms with Crippen molar-refractivity contribution in [2.24, 2.45) is 4.99 Å². The minimum absolute atomic E-state index is 0.326. The van der Waals surface area contributed by atoms with Crippen LogP contribution >= 0.6 is 12.2 Å². The molecule has 0 unspecified atom stereocenters. The molecule has 0 aliphatic heterocycles. The van der Waals surface area contributed by atoms with Crippen molar-refractivity contribution in [3.05, 3.63) is 0 Å². The van der Waals surface area contributed by atoms with Gasteiger partial charge in [-0.1, -0.05) is 0 Å². The number of aliphatic imine (C=N–C) groups is 1. The molecule has 0 bridgehead atoms. The second kappa shape index (κ2) is 6.83. The van der Waals surface area contributed by atoms with Gasteiger partial charge in [0.1, 0.15) is 0 Å². The van der Waals surface area contributed by atoms with Gasteiger partial charge in [0.05, 0.1) is 17.9 Å². The topological polar surface area (TPSA) is 36.4 Å². The van der Waals surface area contributed by atoms with Gasteiger partial charge in [-0.15, -0.1) is 0 Å². The summed E-state index contributed by atoms with van der Waals surface area (Å²) >= 11 is 4.42. The lowest BCUT2D eigenvalue weighted by atomic mass is 10.3. The Labute approximate surface area is 66.9 Å². The molecule has 0 heterocycles. The second-order valence-corrected chi connectivity index (χ2v) is 2.07. The van der Waals surface area contributed by atoms with Crippen LogP contribution in [0.1, 0.15) is 6.42 Å². The van der Waals surface area contributed by atoms with Crippen LogP contribution in [-0.4, -0.2) is 32.0 Å². The first kappa shape index (κ1) is 9.72. The number of nitrogens with one attached hydrogen (secondary N) is 2. The minimum atomic E-state index is 0.326. The summed E-state index contributed by atoms with van der Waals surface area (Å²) in [5, 5.41) is 8.48. The van der Waals surface area contributed by atoms with E-state index in [0.29, 0.717) is 6.17 Å². The molecule has 0 spiro atoms. The molecule has 0 amide bonds. The first-order chi connectivity index (χ1) is 4.85. The first-order valence-electron chi connectivity index (χ1n) is 3.23. The average Bonchev–Trinajstić information content (AvgIpc) is 1.99. The molecule has 0 saturated carbocycles. The van der Waals surface area contributed by atoms with Crippen molar-refractivity contribution in [2.45, 2.75) is 12.6 Å². The van der Waals surface area contributed by atoms with Crippen LogP contribution in [-0.2, 0) is 0 Å². The monoisotopic (exact) mass is 159 g/mol. The molecule has 0 radical (unpaired) electrons. The second-order valence-electron chi connectivity index (χ2n) is 1.89. The average molecular weight is 159 g/mol. The van der Waals surface area contributed by atoms with Crippen LogP contribution in [0.15, 0.2) is 4.99 Å². The molecule has 10 heavy (non-hydrogen) atoms. The SMILES string of the molecule is CNC(CCN=C=S)NC. The lowest BCUT2D eigenvalue weighted by Gasteiger charge is -2.12. The Hall–Kier alpha value is -0.280. The third-order valence-corrected chi connectivity index (χ3v) is 1.42. The number of rotatable bonds is 5. The van der Waals surface area contributed by atoms with Crippen molar-refractivity contribution in [3.8, 4) is 0 Å². The van der Waals surface area contributed by atoms with Crippen molar-refractivity contribution >= 4 is 17.4 Å². The highest BCUT2D eigenvalue weighted by molar-refractivity contribution is 7.78. The van der Waals surface area contributed by atoms with Crippen molar-refractivity contribution < 1.29 is 0 Å². The van der Waals surface area contributed by atoms with Gasteiger partial charge in [0.25, 0.3) is 0 Å². The number of hydrogen-bond acceptors (Lipinski definition) is 4. The highest BCUT2D eigenvalue weighted by Gasteiger charge is 1.98. The van der Waals surface area contributed by atoms with Crippen LogP contribution in [0.3, 0.4) is 0 Å². The van der Waals surface area contributed by atoms with Crippen molar-refractivity contribution in [3.63, 3.8) is 0 Å². The Balaban J connectivity index is 3.34. The highest BCUT2D eigenvalue weighted by atomic mass is 32.1.